The fourth-order valence-electron chi connectivity index (χ4n) is 1.79. The van der Waals surface area contributed by atoms with Crippen molar-refractivity contribution < 1.29 is 14.5 Å². The number of hydrazone groups is 1. The van der Waals surface area contributed by atoms with Gasteiger partial charge in [-0.2, -0.15) is 5.10 Å². The first-order chi connectivity index (χ1) is 11.6. The highest BCUT2D eigenvalue weighted by atomic mass is 16.6. The van der Waals surface area contributed by atoms with Crippen molar-refractivity contribution in [3.63, 3.8) is 0 Å². The summed E-state index contributed by atoms with van der Waals surface area (Å²) in [6.45, 7) is 0.224. The van der Waals surface area contributed by atoms with Crippen LogP contribution in [0.4, 0.5) is 5.69 Å². The van der Waals surface area contributed by atoms with Crippen LogP contribution in [0, 0.1) is 10.1 Å². The number of carbonyl (C=O) groups excluding carboxylic acids is 2. The molecule has 122 valence electrons. The van der Waals surface area contributed by atoms with Gasteiger partial charge in [0, 0.05) is 24.2 Å². The summed E-state index contributed by atoms with van der Waals surface area (Å²) >= 11 is 0. The molecule has 2 N–H and O–H groups in total. The van der Waals surface area contributed by atoms with E-state index in [1.54, 1.807) is 6.07 Å². The summed E-state index contributed by atoms with van der Waals surface area (Å²) in [6, 6.07) is 14.8. The van der Waals surface area contributed by atoms with Gasteiger partial charge in [-0.15, -0.1) is 0 Å². The van der Waals surface area contributed by atoms with E-state index in [9.17, 15) is 19.7 Å². The molecule has 2 amide bonds. The lowest BCUT2D eigenvalue weighted by Crippen LogP contribution is -2.37. The zero-order valence-corrected chi connectivity index (χ0v) is 12.5. The number of hydrogen-bond acceptors (Lipinski definition) is 5. The maximum Gasteiger partial charge on any atom is 0.329 e. The highest BCUT2D eigenvalue weighted by Gasteiger charge is 2.11. The van der Waals surface area contributed by atoms with Crippen molar-refractivity contribution >= 4 is 23.7 Å². The minimum atomic E-state index is -0.924. The monoisotopic (exact) mass is 326 g/mol. The van der Waals surface area contributed by atoms with E-state index in [0.29, 0.717) is 5.56 Å². The van der Waals surface area contributed by atoms with E-state index >= 15 is 0 Å². The Hall–Kier alpha value is -3.55. The van der Waals surface area contributed by atoms with Crippen LogP contribution in [0.25, 0.3) is 0 Å². The zero-order chi connectivity index (χ0) is 17.4. The first kappa shape index (κ1) is 16.8. The summed E-state index contributed by atoms with van der Waals surface area (Å²) in [6.07, 6.45) is 1.22. The molecule has 0 aliphatic rings. The summed E-state index contributed by atoms with van der Waals surface area (Å²) in [5.74, 6) is -1.75. The molecule has 0 aliphatic heterocycles. The second-order valence-electron chi connectivity index (χ2n) is 4.72. The molecule has 0 aromatic heterocycles. The molecule has 8 nitrogen and oxygen atoms in total. The van der Waals surface area contributed by atoms with Crippen molar-refractivity contribution in [1.29, 1.82) is 0 Å². The highest BCUT2D eigenvalue weighted by Crippen LogP contribution is 2.11. The van der Waals surface area contributed by atoms with E-state index in [-0.39, 0.29) is 12.2 Å². The average Bonchev–Trinajstić information content (AvgIpc) is 2.60. The maximum absolute atomic E-state index is 11.6. The van der Waals surface area contributed by atoms with E-state index in [1.807, 2.05) is 30.3 Å². The molecular weight excluding hydrogens is 312 g/mol. The van der Waals surface area contributed by atoms with Gasteiger partial charge in [-0.25, -0.2) is 5.43 Å². The quantitative estimate of drug-likeness (QED) is 0.374. The SMILES string of the molecule is O=C(NCc1ccccc1)C(=O)N/N=C/c1cccc([N+](=O)[O-])c1. The number of carbonyl (C=O) groups is 2. The number of amides is 2. The van der Waals surface area contributed by atoms with E-state index in [1.165, 1.54) is 24.4 Å². The Labute approximate surface area is 137 Å². The van der Waals surface area contributed by atoms with Crippen molar-refractivity contribution in [2.75, 3.05) is 0 Å². The van der Waals surface area contributed by atoms with Crippen molar-refractivity contribution in [2.45, 2.75) is 6.54 Å². The van der Waals surface area contributed by atoms with Crippen LogP contribution in [0.2, 0.25) is 0 Å². The Morgan fingerprint density at radius 2 is 1.83 bits per heavy atom. The smallest absolute Gasteiger partial charge is 0.329 e. The Kier molecular flexibility index (Phi) is 5.73. The molecule has 2 aromatic carbocycles. The summed E-state index contributed by atoms with van der Waals surface area (Å²) in [4.78, 5) is 33.3. The highest BCUT2D eigenvalue weighted by molar-refractivity contribution is 6.35. The summed E-state index contributed by atoms with van der Waals surface area (Å²) in [7, 11) is 0. The molecule has 0 unspecified atom stereocenters. The minimum absolute atomic E-state index is 0.0918. The largest absolute Gasteiger partial charge is 0.344 e. The minimum Gasteiger partial charge on any atom is -0.344 e. The molecular formula is C16H14N4O4. The number of rotatable bonds is 5. The van der Waals surface area contributed by atoms with Crippen molar-refractivity contribution in [2.24, 2.45) is 5.10 Å². The van der Waals surface area contributed by atoms with Crippen LogP contribution < -0.4 is 10.7 Å². The fraction of sp³-hybridized carbons (Fsp3) is 0.0625. The maximum atomic E-state index is 11.6. The normalized spacial score (nSPS) is 10.3. The topological polar surface area (TPSA) is 114 Å². The van der Waals surface area contributed by atoms with Crippen molar-refractivity contribution in [1.82, 2.24) is 10.7 Å². The van der Waals surface area contributed by atoms with Gasteiger partial charge in [0.2, 0.25) is 0 Å². The van der Waals surface area contributed by atoms with Gasteiger partial charge >= 0.3 is 11.8 Å². The third-order valence-electron chi connectivity index (χ3n) is 2.96. The summed E-state index contributed by atoms with van der Waals surface area (Å²) in [5, 5.41) is 16.7. The first-order valence-electron chi connectivity index (χ1n) is 6.96. The first-order valence-corrected chi connectivity index (χ1v) is 6.96. The van der Waals surface area contributed by atoms with E-state index in [0.717, 1.165) is 5.56 Å². The van der Waals surface area contributed by atoms with Crippen LogP contribution in [0.5, 0.6) is 0 Å². The van der Waals surface area contributed by atoms with Crippen LogP contribution >= 0.6 is 0 Å². The number of non-ortho nitro benzene ring substituents is 1. The summed E-state index contributed by atoms with van der Waals surface area (Å²) in [5.41, 5.74) is 3.26. The molecule has 2 rings (SSSR count). The number of nitro groups is 1. The van der Waals surface area contributed by atoms with Gasteiger partial charge in [0.05, 0.1) is 11.1 Å². The second-order valence-corrected chi connectivity index (χ2v) is 4.72. The number of nitrogens with zero attached hydrogens (tertiary/aromatic N) is 2. The van der Waals surface area contributed by atoms with E-state index in [2.05, 4.69) is 15.8 Å². The molecule has 0 bridgehead atoms. The van der Waals surface area contributed by atoms with Gasteiger partial charge in [0.25, 0.3) is 5.69 Å². The molecule has 0 saturated heterocycles. The molecule has 0 spiro atoms. The van der Waals surface area contributed by atoms with Crippen LogP contribution in [-0.4, -0.2) is 23.0 Å². The molecule has 0 radical (unpaired) electrons. The van der Waals surface area contributed by atoms with Crippen LogP contribution in [-0.2, 0) is 16.1 Å². The van der Waals surface area contributed by atoms with Gasteiger partial charge in [-0.1, -0.05) is 42.5 Å². The molecule has 0 aliphatic carbocycles. The number of benzene rings is 2. The van der Waals surface area contributed by atoms with Crippen molar-refractivity contribution in [3.8, 4) is 0 Å². The number of nitro benzene ring substituents is 1. The summed E-state index contributed by atoms with van der Waals surface area (Å²) < 4.78 is 0. The van der Waals surface area contributed by atoms with E-state index < -0.39 is 16.7 Å². The van der Waals surface area contributed by atoms with Gasteiger partial charge in [0.15, 0.2) is 0 Å². The fourth-order valence-corrected chi connectivity index (χ4v) is 1.79. The molecule has 2 aromatic rings. The lowest BCUT2D eigenvalue weighted by molar-refractivity contribution is -0.384. The third-order valence-corrected chi connectivity index (χ3v) is 2.96. The predicted octanol–water partition coefficient (Wildman–Crippen LogP) is 1.36. The van der Waals surface area contributed by atoms with Gasteiger partial charge in [-0.05, 0) is 5.56 Å². The molecule has 0 heterocycles. The van der Waals surface area contributed by atoms with E-state index in [4.69, 9.17) is 0 Å². The van der Waals surface area contributed by atoms with Crippen molar-refractivity contribution in [3.05, 3.63) is 75.8 Å². The molecule has 0 fully saturated rings. The number of hydrogen-bond donors (Lipinski definition) is 2. The Bertz CT molecular complexity index is 775. The van der Waals surface area contributed by atoms with Crippen LogP contribution in [0.3, 0.4) is 0 Å². The molecule has 24 heavy (non-hydrogen) atoms. The van der Waals surface area contributed by atoms with Crippen LogP contribution in [0.15, 0.2) is 59.7 Å². The molecule has 0 saturated carbocycles. The average molecular weight is 326 g/mol. The molecule has 0 atom stereocenters. The van der Waals surface area contributed by atoms with Gasteiger partial charge in [0.1, 0.15) is 0 Å². The second kappa shape index (κ2) is 8.18. The Morgan fingerprint density at radius 1 is 1.08 bits per heavy atom. The van der Waals surface area contributed by atoms with Crippen LogP contribution in [0.1, 0.15) is 11.1 Å². The molecule has 8 heteroatoms. The number of nitrogens with one attached hydrogen (secondary N) is 2. The lowest BCUT2D eigenvalue weighted by Gasteiger charge is -2.03. The zero-order valence-electron chi connectivity index (χ0n) is 12.5. The Balaban J connectivity index is 1.84. The Morgan fingerprint density at radius 3 is 2.54 bits per heavy atom. The lowest BCUT2D eigenvalue weighted by atomic mass is 10.2. The third kappa shape index (κ3) is 5.02. The van der Waals surface area contributed by atoms with Gasteiger partial charge < -0.3 is 5.32 Å². The standard InChI is InChI=1S/C16H14N4O4/c21-15(17-10-12-5-2-1-3-6-12)16(22)19-18-11-13-7-4-8-14(9-13)20(23)24/h1-9,11H,10H2,(H,17,21)(H,19,22)/b18-11+. The predicted molar refractivity (Wildman–Crippen MR) is 87.1 cm³/mol. The van der Waals surface area contributed by atoms with Gasteiger partial charge in [-0.3, -0.25) is 19.7 Å².